The molecule has 7 nitrogen and oxygen atoms in total. The van der Waals surface area contributed by atoms with E-state index in [4.69, 9.17) is 14.2 Å². The summed E-state index contributed by atoms with van der Waals surface area (Å²) in [6, 6.07) is 15.7. The van der Waals surface area contributed by atoms with Crippen LogP contribution in [0.4, 0.5) is 5.69 Å². The molecule has 0 unspecified atom stereocenters. The van der Waals surface area contributed by atoms with Crippen LogP contribution in [0, 0.1) is 0 Å². The number of aromatic nitrogens is 1. The number of pyridine rings is 1. The van der Waals surface area contributed by atoms with Gasteiger partial charge in [-0.1, -0.05) is 18.2 Å². The topological polar surface area (TPSA) is 86.8 Å². The summed E-state index contributed by atoms with van der Waals surface area (Å²) >= 11 is 0. The highest BCUT2D eigenvalue weighted by Gasteiger charge is 2.15. The van der Waals surface area contributed by atoms with Crippen molar-refractivity contribution >= 4 is 28.5 Å². The fraction of sp³-hybridized carbons (Fsp3) is 0.150. The van der Waals surface area contributed by atoms with Crippen molar-refractivity contribution in [1.29, 1.82) is 0 Å². The first kappa shape index (κ1) is 18.2. The van der Waals surface area contributed by atoms with E-state index in [0.717, 1.165) is 0 Å². The lowest BCUT2D eigenvalue weighted by Crippen LogP contribution is -2.20. The standard InChI is InChI=1S/C20H18N2O5/c1-25-14-8-9-16-15(10-14)18(11-17(22-16)20(24)26-2)27-12-19(23)21-13-6-4-3-5-7-13/h3-11H,12H2,1-2H3,(H,21,23). The quantitative estimate of drug-likeness (QED) is 0.675. The summed E-state index contributed by atoms with van der Waals surface area (Å²) in [6.07, 6.45) is 0. The number of nitrogens with zero attached hydrogens (tertiary/aromatic N) is 1. The minimum atomic E-state index is -0.591. The Morgan fingerprint density at radius 1 is 1.04 bits per heavy atom. The molecule has 0 spiro atoms. The molecular weight excluding hydrogens is 348 g/mol. The second-order valence-corrected chi connectivity index (χ2v) is 5.58. The van der Waals surface area contributed by atoms with Crippen LogP contribution in [-0.4, -0.2) is 37.7 Å². The molecule has 0 saturated heterocycles. The number of hydrogen-bond donors (Lipinski definition) is 1. The van der Waals surface area contributed by atoms with E-state index in [9.17, 15) is 9.59 Å². The van der Waals surface area contributed by atoms with Gasteiger partial charge in [0.15, 0.2) is 12.3 Å². The molecule has 0 fully saturated rings. The number of fused-ring (bicyclic) bond motifs is 1. The molecular formula is C20H18N2O5. The highest BCUT2D eigenvalue weighted by atomic mass is 16.5. The number of methoxy groups -OCH3 is 2. The molecule has 3 rings (SSSR count). The van der Waals surface area contributed by atoms with E-state index in [0.29, 0.717) is 28.1 Å². The molecule has 27 heavy (non-hydrogen) atoms. The Bertz CT molecular complexity index is 973. The van der Waals surface area contributed by atoms with Crippen LogP contribution in [-0.2, 0) is 9.53 Å². The van der Waals surface area contributed by atoms with Crippen LogP contribution in [0.1, 0.15) is 10.5 Å². The van der Waals surface area contributed by atoms with Gasteiger partial charge in [-0.3, -0.25) is 4.79 Å². The van der Waals surface area contributed by atoms with Gasteiger partial charge in [0.1, 0.15) is 11.5 Å². The summed E-state index contributed by atoms with van der Waals surface area (Å²) < 4.78 is 15.6. The summed E-state index contributed by atoms with van der Waals surface area (Å²) in [5.41, 5.74) is 1.29. The van der Waals surface area contributed by atoms with E-state index in [1.165, 1.54) is 13.2 Å². The summed E-state index contributed by atoms with van der Waals surface area (Å²) in [5.74, 6) is 0.0243. The van der Waals surface area contributed by atoms with Crippen LogP contribution in [0.25, 0.3) is 10.9 Å². The fourth-order valence-electron chi connectivity index (χ4n) is 2.49. The van der Waals surface area contributed by atoms with E-state index in [-0.39, 0.29) is 18.2 Å². The molecule has 2 aromatic carbocycles. The third-order valence-electron chi connectivity index (χ3n) is 3.79. The Kier molecular flexibility index (Phi) is 5.51. The first-order chi connectivity index (χ1) is 13.1. The normalized spacial score (nSPS) is 10.3. The molecule has 1 amide bonds. The zero-order valence-electron chi connectivity index (χ0n) is 14.9. The van der Waals surface area contributed by atoms with Gasteiger partial charge in [0, 0.05) is 17.1 Å². The van der Waals surface area contributed by atoms with Crippen molar-refractivity contribution < 1.29 is 23.8 Å². The molecule has 0 atom stereocenters. The van der Waals surface area contributed by atoms with Crippen LogP contribution in [0.15, 0.2) is 54.6 Å². The maximum Gasteiger partial charge on any atom is 0.356 e. The Balaban J connectivity index is 1.86. The molecule has 138 valence electrons. The van der Waals surface area contributed by atoms with Crippen LogP contribution in [0.3, 0.4) is 0 Å². The summed E-state index contributed by atoms with van der Waals surface area (Å²) in [4.78, 5) is 28.3. The largest absolute Gasteiger partial charge is 0.497 e. The zero-order chi connectivity index (χ0) is 19.2. The number of amides is 1. The molecule has 0 aliphatic heterocycles. The van der Waals surface area contributed by atoms with Gasteiger partial charge in [0.05, 0.1) is 19.7 Å². The number of nitrogens with one attached hydrogen (secondary N) is 1. The third-order valence-corrected chi connectivity index (χ3v) is 3.79. The minimum Gasteiger partial charge on any atom is -0.497 e. The summed E-state index contributed by atoms with van der Waals surface area (Å²) in [5, 5.41) is 3.36. The Morgan fingerprint density at radius 2 is 1.81 bits per heavy atom. The molecule has 0 aliphatic rings. The number of para-hydroxylation sites is 1. The van der Waals surface area contributed by atoms with E-state index >= 15 is 0 Å². The van der Waals surface area contributed by atoms with Crippen molar-refractivity contribution in [2.45, 2.75) is 0 Å². The number of ether oxygens (including phenoxy) is 3. The fourth-order valence-corrected chi connectivity index (χ4v) is 2.49. The van der Waals surface area contributed by atoms with Crippen LogP contribution in [0.2, 0.25) is 0 Å². The lowest BCUT2D eigenvalue weighted by Gasteiger charge is -2.12. The van der Waals surface area contributed by atoms with Gasteiger partial charge < -0.3 is 19.5 Å². The Labute approximate surface area is 155 Å². The van der Waals surface area contributed by atoms with Gasteiger partial charge in [-0.05, 0) is 30.3 Å². The van der Waals surface area contributed by atoms with Crippen LogP contribution in [0.5, 0.6) is 11.5 Å². The van der Waals surface area contributed by atoms with Gasteiger partial charge in [0.25, 0.3) is 5.91 Å². The van der Waals surface area contributed by atoms with Gasteiger partial charge in [0.2, 0.25) is 0 Å². The van der Waals surface area contributed by atoms with Gasteiger partial charge in [-0.25, -0.2) is 9.78 Å². The van der Waals surface area contributed by atoms with Gasteiger partial charge >= 0.3 is 5.97 Å². The molecule has 0 bridgehead atoms. The highest BCUT2D eigenvalue weighted by Crippen LogP contribution is 2.29. The van der Waals surface area contributed by atoms with Crippen molar-refractivity contribution in [1.82, 2.24) is 4.98 Å². The van der Waals surface area contributed by atoms with Gasteiger partial charge in [-0.15, -0.1) is 0 Å². The highest BCUT2D eigenvalue weighted by molar-refractivity contribution is 5.95. The average molecular weight is 366 g/mol. The number of rotatable bonds is 6. The predicted octanol–water partition coefficient (Wildman–Crippen LogP) is 3.05. The van der Waals surface area contributed by atoms with E-state index in [2.05, 4.69) is 10.3 Å². The molecule has 1 N–H and O–H groups in total. The van der Waals surface area contributed by atoms with Crippen molar-refractivity contribution in [2.75, 3.05) is 26.1 Å². The van der Waals surface area contributed by atoms with Crippen molar-refractivity contribution in [3.8, 4) is 11.5 Å². The molecule has 7 heteroatoms. The number of benzene rings is 2. The number of carbonyl (C=O) groups is 2. The van der Waals surface area contributed by atoms with Crippen LogP contribution < -0.4 is 14.8 Å². The molecule has 1 aromatic heterocycles. The molecule has 0 aliphatic carbocycles. The summed E-state index contributed by atoms with van der Waals surface area (Å²) in [6.45, 7) is -0.230. The van der Waals surface area contributed by atoms with E-state index in [1.54, 1.807) is 37.4 Å². The van der Waals surface area contributed by atoms with E-state index in [1.807, 2.05) is 18.2 Å². The van der Waals surface area contributed by atoms with E-state index < -0.39 is 5.97 Å². The smallest absolute Gasteiger partial charge is 0.356 e. The predicted molar refractivity (Wildman–Crippen MR) is 100 cm³/mol. The Hall–Kier alpha value is -3.61. The number of esters is 1. The lowest BCUT2D eigenvalue weighted by molar-refractivity contribution is -0.118. The molecule has 0 saturated carbocycles. The first-order valence-corrected chi connectivity index (χ1v) is 8.15. The second kappa shape index (κ2) is 8.18. The van der Waals surface area contributed by atoms with Crippen molar-refractivity contribution in [3.05, 3.63) is 60.3 Å². The number of hydrogen-bond acceptors (Lipinski definition) is 6. The molecule has 3 aromatic rings. The number of carbonyl (C=O) groups excluding carboxylic acids is 2. The monoisotopic (exact) mass is 366 g/mol. The van der Waals surface area contributed by atoms with Crippen LogP contribution >= 0.6 is 0 Å². The lowest BCUT2D eigenvalue weighted by atomic mass is 10.1. The SMILES string of the molecule is COC(=O)c1cc(OCC(=O)Nc2ccccc2)c2cc(OC)ccc2n1. The average Bonchev–Trinajstić information content (AvgIpc) is 2.71. The summed E-state index contributed by atoms with van der Waals surface area (Å²) in [7, 11) is 2.82. The van der Waals surface area contributed by atoms with Crippen molar-refractivity contribution in [3.63, 3.8) is 0 Å². The Morgan fingerprint density at radius 3 is 2.52 bits per heavy atom. The first-order valence-electron chi connectivity index (χ1n) is 8.15. The molecule has 0 radical (unpaired) electrons. The second-order valence-electron chi connectivity index (χ2n) is 5.58. The zero-order valence-corrected chi connectivity index (χ0v) is 14.9. The maximum atomic E-state index is 12.2. The molecule has 1 heterocycles. The van der Waals surface area contributed by atoms with Gasteiger partial charge in [-0.2, -0.15) is 0 Å². The number of anilines is 1. The maximum absolute atomic E-state index is 12.2. The van der Waals surface area contributed by atoms with Crippen molar-refractivity contribution in [2.24, 2.45) is 0 Å². The third kappa shape index (κ3) is 4.33. The minimum absolute atomic E-state index is 0.0913.